The average Bonchev–Trinajstić information content (AvgIpc) is 2.48. The molecule has 1 aliphatic heterocycles. The van der Waals surface area contributed by atoms with Gasteiger partial charge in [-0.2, -0.15) is 0 Å². The zero-order valence-electron chi connectivity index (χ0n) is 12.7. The molecular formula is C16H29NO3. The lowest BCUT2D eigenvalue weighted by atomic mass is 9.85. The number of carbonyl (C=O) groups excluding carboxylic acids is 1. The van der Waals surface area contributed by atoms with Crippen molar-refractivity contribution in [2.75, 3.05) is 19.7 Å². The molecule has 2 rings (SSSR count). The van der Waals surface area contributed by atoms with Crippen molar-refractivity contribution >= 4 is 5.97 Å². The Morgan fingerprint density at radius 2 is 1.95 bits per heavy atom. The van der Waals surface area contributed by atoms with Gasteiger partial charge in [-0.1, -0.05) is 19.8 Å². The molecule has 0 spiro atoms. The van der Waals surface area contributed by atoms with E-state index in [9.17, 15) is 4.79 Å². The third-order valence-corrected chi connectivity index (χ3v) is 4.56. The molecule has 2 aliphatic rings. The Labute approximate surface area is 122 Å². The van der Waals surface area contributed by atoms with Crippen LogP contribution in [-0.4, -0.2) is 37.9 Å². The zero-order valence-corrected chi connectivity index (χ0v) is 12.7. The SMILES string of the molecule is CCC1CCCC(OC(=O)CCOC2CCNCC2)C1. The van der Waals surface area contributed by atoms with Crippen LogP contribution in [0, 0.1) is 5.92 Å². The number of hydrogen-bond donors (Lipinski definition) is 1. The Bertz CT molecular complexity index is 289. The summed E-state index contributed by atoms with van der Waals surface area (Å²) < 4.78 is 11.3. The molecule has 1 N–H and O–H groups in total. The Morgan fingerprint density at radius 1 is 1.15 bits per heavy atom. The molecular weight excluding hydrogens is 254 g/mol. The van der Waals surface area contributed by atoms with E-state index in [-0.39, 0.29) is 12.1 Å². The van der Waals surface area contributed by atoms with E-state index in [0.717, 1.165) is 44.7 Å². The van der Waals surface area contributed by atoms with Crippen molar-refractivity contribution in [2.24, 2.45) is 5.92 Å². The first kappa shape index (κ1) is 15.8. The maximum atomic E-state index is 11.8. The number of ether oxygens (including phenoxy) is 2. The van der Waals surface area contributed by atoms with Gasteiger partial charge in [0.25, 0.3) is 0 Å². The molecule has 0 aromatic rings. The van der Waals surface area contributed by atoms with Gasteiger partial charge in [0, 0.05) is 0 Å². The Balaban J connectivity index is 1.57. The highest BCUT2D eigenvalue weighted by molar-refractivity contribution is 5.69. The van der Waals surface area contributed by atoms with E-state index in [2.05, 4.69) is 12.2 Å². The highest BCUT2D eigenvalue weighted by Crippen LogP contribution is 2.28. The van der Waals surface area contributed by atoms with Crippen molar-refractivity contribution < 1.29 is 14.3 Å². The lowest BCUT2D eigenvalue weighted by molar-refractivity contribution is -0.153. The van der Waals surface area contributed by atoms with Gasteiger partial charge in [0.1, 0.15) is 6.10 Å². The number of nitrogens with one attached hydrogen (secondary N) is 1. The van der Waals surface area contributed by atoms with Crippen molar-refractivity contribution in [2.45, 2.75) is 70.5 Å². The molecule has 116 valence electrons. The molecule has 1 saturated carbocycles. The second-order valence-electron chi connectivity index (χ2n) is 6.12. The Morgan fingerprint density at radius 3 is 2.70 bits per heavy atom. The van der Waals surface area contributed by atoms with Gasteiger partial charge in [0.15, 0.2) is 0 Å². The van der Waals surface area contributed by atoms with Crippen LogP contribution in [0.2, 0.25) is 0 Å². The van der Waals surface area contributed by atoms with Gasteiger partial charge < -0.3 is 14.8 Å². The normalized spacial score (nSPS) is 28.2. The quantitative estimate of drug-likeness (QED) is 0.761. The van der Waals surface area contributed by atoms with E-state index in [0.29, 0.717) is 19.1 Å². The monoisotopic (exact) mass is 283 g/mol. The van der Waals surface area contributed by atoms with Gasteiger partial charge in [-0.3, -0.25) is 4.79 Å². The van der Waals surface area contributed by atoms with Crippen LogP contribution < -0.4 is 5.32 Å². The Hall–Kier alpha value is -0.610. The molecule has 4 nitrogen and oxygen atoms in total. The summed E-state index contributed by atoms with van der Waals surface area (Å²) in [5, 5.41) is 3.31. The van der Waals surface area contributed by atoms with Crippen molar-refractivity contribution in [3.05, 3.63) is 0 Å². The third-order valence-electron chi connectivity index (χ3n) is 4.56. The number of esters is 1. The summed E-state index contributed by atoms with van der Waals surface area (Å²) in [5.74, 6) is 0.660. The molecule has 1 heterocycles. The van der Waals surface area contributed by atoms with E-state index in [1.807, 2.05) is 0 Å². The van der Waals surface area contributed by atoms with Crippen LogP contribution in [-0.2, 0) is 14.3 Å². The van der Waals surface area contributed by atoms with Crippen LogP contribution in [0.4, 0.5) is 0 Å². The number of piperidine rings is 1. The molecule has 0 aromatic heterocycles. The van der Waals surface area contributed by atoms with E-state index in [4.69, 9.17) is 9.47 Å². The molecule has 2 fully saturated rings. The number of rotatable bonds is 6. The fourth-order valence-corrected chi connectivity index (χ4v) is 3.24. The van der Waals surface area contributed by atoms with Crippen molar-refractivity contribution in [1.82, 2.24) is 5.32 Å². The second-order valence-corrected chi connectivity index (χ2v) is 6.12. The molecule has 20 heavy (non-hydrogen) atoms. The fraction of sp³-hybridized carbons (Fsp3) is 0.938. The summed E-state index contributed by atoms with van der Waals surface area (Å²) in [6.07, 6.45) is 8.76. The van der Waals surface area contributed by atoms with E-state index >= 15 is 0 Å². The molecule has 2 atom stereocenters. The summed E-state index contributed by atoms with van der Waals surface area (Å²) >= 11 is 0. The molecule has 2 unspecified atom stereocenters. The first-order valence-corrected chi connectivity index (χ1v) is 8.29. The van der Waals surface area contributed by atoms with E-state index < -0.39 is 0 Å². The van der Waals surface area contributed by atoms with E-state index in [1.165, 1.54) is 19.3 Å². The first-order valence-electron chi connectivity index (χ1n) is 8.29. The summed E-state index contributed by atoms with van der Waals surface area (Å²) in [5.41, 5.74) is 0. The molecule has 0 bridgehead atoms. The molecule has 0 aromatic carbocycles. The third kappa shape index (κ3) is 5.41. The fourth-order valence-electron chi connectivity index (χ4n) is 3.24. The molecule has 1 saturated heterocycles. The minimum Gasteiger partial charge on any atom is -0.462 e. The molecule has 0 radical (unpaired) electrons. The van der Waals surface area contributed by atoms with Gasteiger partial charge in [0.05, 0.1) is 19.1 Å². The summed E-state index contributed by atoms with van der Waals surface area (Å²) in [4.78, 5) is 11.8. The standard InChI is InChI=1S/C16H29NO3/c1-2-13-4-3-5-15(12-13)20-16(18)8-11-19-14-6-9-17-10-7-14/h13-15,17H,2-12H2,1H3. The lowest BCUT2D eigenvalue weighted by Gasteiger charge is -2.28. The largest absolute Gasteiger partial charge is 0.462 e. The summed E-state index contributed by atoms with van der Waals surface area (Å²) in [6.45, 7) is 4.78. The molecule has 1 aliphatic carbocycles. The number of carbonyl (C=O) groups is 1. The lowest BCUT2D eigenvalue weighted by Crippen LogP contribution is -2.33. The van der Waals surface area contributed by atoms with Crippen molar-refractivity contribution in [3.8, 4) is 0 Å². The average molecular weight is 283 g/mol. The van der Waals surface area contributed by atoms with Crippen molar-refractivity contribution in [3.63, 3.8) is 0 Å². The van der Waals surface area contributed by atoms with E-state index in [1.54, 1.807) is 0 Å². The van der Waals surface area contributed by atoms with Gasteiger partial charge in [-0.05, 0) is 51.1 Å². The highest BCUT2D eigenvalue weighted by Gasteiger charge is 2.23. The molecule has 0 amide bonds. The van der Waals surface area contributed by atoms with Gasteiger partial charge in [0.2, 0.25) is 0 Å². The summed E-state index contributed by atoms with van der Waals surface area (Å²) in [6, 6.07) is 0. The maximum Gasteiger partial charge on any atom is 0.308 e. The summed E-state index contributed by atoms with van der Waals surface area (Å²) in [7, 11) is 0. The first-order chi connectivity index (χ1) is 9.78. The predicted molar refractivity (Wildman–Crippen MR) is 78.6 cm³/mol. The molecule has 4 heteroatoms. The smallest absolute Gasteiger partial charge is 0.308 e. The predicted octanol–water partition coefficient (Wildman–Crippen LogP) is 2.66. The van der Waals surface area contributed by atoms with Gasteiger partial charge >= 0.3 is 5.97 Å². The second kappa shape index (κ2) is 8.63. The van der Waals surface area contributed by atoms with Crippen LogP contribution in [0.5, 0.6) is 0 Å². The minimum absolute atomic E-state index is 0.0827. The van der Waals surface area contributed by atoms with Crippen LogP contribution in [0.1, 0.15) is 58.3 Å². The van der Waals surface area contributed by atoms with Crippen molar-refractivity contribution in [1.29, 1.82) is 0 Å². The topological polar surface area (TPSA) is 47.6 Å². The van der Waals surface area contributed by atoms with Crippen LogP contribution in [0.15, 0.2) is 0 Å². The van der Waals surface area contributed by atoms with Crippen LogP contribution in [0.3, 0.4) is 0 Å². The van der Waals surface area contributed by atoms with Crippen LogP contribution in [0.25, 0.3) is 0 Å². The van der Waals surface area contributed by atoms with Crippen LogP contribution >= 0.6 is 0 Å². The highest BCUT2D eigenvalue weighted by atomic mass is 16.5. The zero-order chi connectivity index (χ0) is 14.2. The number of hydrogen-bond acceptors (Lipinski definition) is 4. The van der Waals surface area contributed by atoms with Gasteiger partial charge in [-0.15, -0.1) is 0 Å². The maximum absolute atomic E-state index is 11.8. The van der Waals surface area contributed by atoms with Gasteiger partial charge in [-0.25, -0.2) is 0 Å². The minimum atomic E-state index is -0.0827. The Kier molecular flexibility index (Phi) is 6.80.